The summed E-state index contributed by atoms with van der Waals surface area (Å²) < 4.78 is 11.3. The smallest absolute Gasteiger partial charge is 0.123 e. The summed E-state index contributed by atoms with van der Waals surface area (Å²) in [5, 5.41) is 0. The summed E-state index contributed by atoms with van der Waals surface area (Å²) in [6.07, 6.45) is 3.78. The maximum absolute atomic E-state index is 5.97. The molecular weight excluding hydrogens is 238 g/mol. The quantitative estimate of drug-likeness (QED) is 0.834. The predicted molar refractivity (Wildman–Crippen MR) is 76.1 cm³/mol. The first kappa shape index (κ1) is 12.8. The molecule has 19 heavy (non-hydrogen) atoms. The third-order valence-electron chi connectivity index (χ3n) is 4.43. The molecule has 0 aromatic heterocycles. The van der Waals surface area contributed by atoms with Crippen LogP contribution >= 0.6 is 0 Å². The average molecular weight is 261 g/mol. The molecule has 0 aliphatic carbocycles. The molecule has 104 valence electrons. The van der Waals surface area contributed by atoms with Crippen molar-refractivity contribution in [1.29, 1.82) is 0 Å². The molecule has 1 aromatic rings. The van der Waals surface area contributed by atoms with Crippen molar-refractivity contribution in [3.63, 3.8) is 0 Å². The first-order valence-corrected chi connectivity index (χ1v) is 7.38. The highest BCUT2D eigenvalue weighted by Crippen LogP contribution is 2.42. The summed E-state index contributed by atoms with van der Waals surface area (Å²) in [6.45, 7) is 5.50. The molecule has 0 amide bonds. The van der Waals surface area contributed by atoms with Crippen molar-refractivity contribution in [2.24, 2.45) is 0 Å². The molecule has 3 nitrogen and oxygen atoms in total. The maximum atomic E-state index is 5.97. The van der Waals surface area contributed by atoms with E-state index in [2.05, 4.69) is 24.0 Å². The van der Waals surface area contributed by atoms with Gasteiger partial charge in [-0.2, -0.15) is 0 Å². The number of hydrogen-bond acceptors (Lipinski definition) is 3. The molecule has 0 saturated carbocycles. The molecular formula is C16H23NO2. The van der Waals surface area contributed by atoms with E-state index < -0.39 is 0 Å². The summed E-state index contributed by atoms with van der Waals surface area (Å²) in [6, 6.07) is 6.77. The van der Waals surface area contributed by atoms with Crippen molar-refractivity contribution in [2.75, 3.05) is 26.8 Å². The zero-order valence-electron chi connectivity index (χ0n) is 11.9. The second-order valence-electron chi connectivity index (χ2n) is 5.57. The van der Waals surface area contributed by atoms with Crippen molar-refractivity contribution in [1.82, 2.24) is 4.90 Å². The van der Waals surface area contributed by atoms with Crippen LogP contribution in [0.3, 0.4) is 0 Å². The summed E-state index contributed by atoms with van der Waals surface area (Å²) in [7, 11) is 1.73. The largest absolute Gasteiger partial charge is 0.497 e. The van der Waals surface area contributed by atoms with E-state index in [1.807, 2.05) is 6.07 Å². The molecule has 2 unspecified atom stereocenters. The number of nitrogens with zero attached hydrogens (tertiary/aromatic N) is 1. The van der Waals surface area contributed by atoms with Crippen LogP contribution in [0.15, 0.2) is 18.2 Å². The fourth-order valence-corrected chi connectivity index (χ4v) is 3.53. The summed E-state index contributed by atoms with van der Waals surface area (Å²) >= 11 is 0. The van der Waals surface area contributed by atoms with Crippen LogP contribution in [-0.2, 0) is 0 Å². The Morgan fingerprint density at radius 3 is 3.11 bits per heavy atom. The van der Waals surface area contributed by atoms with E-state index in [4.69, 9.17) is 9.47 Å². The zero-order valence-corrected chi connectivity index (χ0v) is 11.9. The van der Waals surface area contributed by atoms with E-state index in [0.29, 0.717) is 12.0 Å². The van der Waals surface area contributed by atoms with Crippen LogP contribution < -0.4 is 9.47 Å². The van der Waals surface area contributed by atoms with Gasteiger partial charge in [0, 0.05) is 11.5 Å². The second kappa shape index (κ2) is 5.41. The number of rotatable bonds is 3. The third-order valence-corrected chi connectivity index (χ3v) is 4.43. The molecule has 2 heterocycles. The lowest BCUT2D eigenvalue weighted by Gasteiger charge is -2.44. The van der Waals surface area contributed by atoms with Crippen LogP contribution in [0, 0.1) is 0 Å². The Bertz CT molecular complexity index is 444. The zero-order chi connectivity index (χ0) is 13.2. The third kappa shape index (κ3) is 2.32. The van der Waals surface area contributed by atoms with Gasteiger partial charge in [0.05, 0.1) is 13.2 Å². The number of piperidine rings is 1. The number of methoxy groups -OCH3 is 1. The predicted octanol–water partition coefficient (Wildman–Crippen LogP) is 3.05. The molecule has 1 aromatic carbocycles. The SMILES string of the molecule is CCCN1CCCC2c3cc(OC)ccc3OCC21. The highest BCUT2D eigenvalue weighted by Gasteiger charge is 2.37. The monoisotopic (exact) mass is 261 g/mol. The minimum atomic E-state index is 0.549. The van der Waals surface area contributed by atoms with E-state index in [9.17, 15) is 0 Å². The molecule has 3 rings (SSSR count). The van der Waals surface area contributed by atoms with Gasteiger partial charge in [-0.05, 0) is 50.6 Å². The van der Waals surface area contributed by atoms with Crippen molar-refractivity contribution >= 4 is 0 Å². The van der Waals surface area contributed by atoms with Gasteiger partial charge in [0.25, 0.3) is 0 Å². The topological polar surface area (TPSA) is 21.7 Å². The van der Waals surface area contributed by atoms with E-state index in [1.54, 1.807) is 7.11 Å². The van der Waals surface area contributed by atoms with Gasteiger partial charge in [-0.3, -0.25) is 4.90 Å². The molecule has 2 atom stereocenters. The number of likely N-dealkylation sites (tertiary alicyclic amines) is 1. The van der Waals surface area contributed by atoms with E-state index in [-0.39, 0.29) is 0 Å². The Hall–Kier alpha value is -1.22. The highest BCUT2D eigenvalue weighted by molar-refractivity contribution is 5.44. The summed E-state index contributed by atoms with van der Waals surface area (Å²) in [5.74, 6) is 2.61. The molecule has 0 N–H and O–H groups in total. The Kier molecular flexibility index (Phi) is 3.65. The van der Waals surface area contributed by atoms with Gasteiger partial charge in [-0.1, -0.05) is 6.92 Å². The minimum absolute atomic E-state index is 0.549. The van der Waals surface area contributed by atoms with Crippen LogP contribution in [0.2, 0.25) is 0 Å². The molecule has 1 saturated heterocycles. The fourth-order valence-electron chi connectivity index (χ4n) is 3.53. The molecule has 2 aliphatic heterocycles. The van der Waals surface area contributed by atoms with E-state index >= 15 is 0 Å². The van der Waals surface area contributed by atoms with Crippen molar-refractivity contribution in [3.8, 4) is 11.5 Å². The van der Waals surface area contributed by atoms with Gasteiger partial charge in [0.1, 0.15) is 18.1 Å². The first-order valence-electron chi connectivity index (χ1n) is 7.38. The lowest BCUT2D eigenvalue weighted by Crippen LogP contribution is -2.49. The normalized spacial score (nSPS) is 26.2. The van der Waals surface area contributed by atoms with Gasteiger partial charge < -0.3 is 9.47 Å². The maximum Gasteiger partial charge on any atom is 0.123 e. The van der Waals surface area contributed by atoms with Crippen LogP contribution in [-0.4, -0.2) is 37.7 Å². The second-order valence-corrected chi connectivity index (χ2v) is 5.57. The lowest BCUT2D eigenvalue weighted by molar-refractivity contribution is 0.0658. The molecule has 2 aliphatic rings. The molecule has 0 spiro atoms. The molecule has 0 radical (unpaired) electrons. The van der Waals surface area contributed by atoms with Gasteiger partial charge >= 0.3 is 0 Å². The van der Waals surface area contributed by atoms with Crippen LogP contribution in [0.5, 0.6) is 11.5 Å². The number of fused-ring (bicyclic) bond motifs is 3. The standard InChI is InChI=1S/C16H23NO2/c1-3-8-17-9-4-5-13-14-10-12(18-2)6-7-16(14)19-11-15(13)17/h6-7,10,13,15H,3-5,8-9,11H2,1-2H3. The van der Waals surface area contributed by atoms with Crippen LogP contribution in [0.1, 0.15) is 37.7 Å². The Labute approximate surface area is 115 Å². The fraction of sp³-hybridized carbons (Fsp3) is 0.625. The van der Waals surface area contributed by atoms with Gasteiger partial charge in [0.15, 0.2) is 0 Å². The minimum Gasteiger partial charge on any atom is -0.497 e. The van der Waals surface area contributed by atoms with E-state index in [1.165, 1.54) is 37.9 Å². The molecule has 3 heteroatoms. The van der Waals surface area contributed by atoms with Crippen molar-refractivity contribution in [3.05, 3.63) is 23.8 Å². The van der Waals surface area contributed by atoms with Gasteiger partial charge in [-0.15, -0.1) is 0 Å². The van der Waals surface area contributed by atoms with Gasteiger partial charge in [-0.25, -0.2) is 0 Å². The number of benzene rings is 1. The molecule has 1 fully saturated rings. The van der Waals surface area contributed by atoms with E-state index in [0.717, 1.165) is 18.1 Å². The van der Waals surface area contributed by atoms with Crippen molar-refractivity contribution < 1.29 is 9.47 Å². The first-order chi connectivity index (χ1) is 9.33. The lowest BCUT2D eigenvalue weighted by atomic mass is 9.81. The Balaban J connectivity index is 1.90. The Morgan fingerprint density at radius 2 is 2.32 bits per heavy atom. The Morgan fingerprint density at radius 1 is 1.42 bits per heavy atom. The summed E-state index contributed by atoms with van der Waals surface area (Å²) in [4.78, 5) is 2.61. The van der Waals surface area contributed by atoms with Gasteiger partial charge in [0.2, 0.25) is 0 Å². The number of ether oxygens (including phenoxy) is 2. The van der Waals surface area contributed by atoms with Crippen LogP contribution in [0.25, 0.3) is 0 Å². The molecule has 0 bridgehead atoms. The highest BCUT2D eigenvalue weighted by atomic mass is 16.5. The average Bonchev–Trinajstić information content (AvgIpc) is 2.47. The van der Waals surface area contributed by atoms with Crippen molar-refractivity contribution in [2.45, 2.75) is 38.1 Å². The van der Waals surface area contributed by atoms with Crippen LogP contribution in [0.4, 0.5) is 0 Å². The number of hydrogen-bond donors (Lipinski definition) is 0. The summed E-state index contributed by atoms with van der Waals surface area (Å²) in [5.41, 5.74) is 1.34.